The molecule has 0 aromatic rings. The average molecular weight is 220 g/mol. The Morgan fingerprint density at radius 2 is 1.88 bits per heavy atom. The smallest absolute Gasteiger partial charge is 0.0954 e. The molecule has 1 saturated heterocycles. The number of hydrogen-bond acceptors (Lipinski definition) is 1. The van der Waals surface area contributed by atoms with Gasteiger partial charge >= 0.3 is 0 Å². The van der Waals surface area contributed by atoms with Crippen LogP contribution in [0.5, 0.6) is 0 Å². The van der Waals surface area contributed by atoms with Crippen molar-refractivity contribution in [1.82, 2.24) is 0 Å². The summed E-state index contributed by atoms with van der Waals surface area (Å²) in [6.07, 6.45) is 6.39. The molecule has 0 N–H and O–H groups in total. The van der Waals surface area contributed by atoms with Gasteiger partial charge in [0, 0.05) is 0 Å². The zero-order valence-electron chi connectivity index (χ0n) is 11.0. The van der Waals surface area contributed by atoms with Crippen LogP contribution in [-0.4, -0.2) is 11.7 Å². The molecule has 0 radical (unpaired) electrons. The topological polar surface area (TPSA) is 12.5 Å². The Morgan fingerprint density at radius 3 is 2.56 bits per heavy atom. The molecule has 1 aliphatic heterocycles. The fourth-order valence-electron chi connectivity index (χ4n) is 6.23. The molecule has 4 bridgehead atoms. The third-order valence-electron chi connectivity index (χ3n) is 7.13. The summed E-state index contributed by atoms with van der Waals surface area (Å²) in [5.41, 5.74) is 1.57. The second-order valence-corrected chi connectivity index (χ2v) is 7.76. The Bertz CT molecular complexity index is 362. The lowest BCUT2D eigenvalue weighted by Gasteiger charge is -2.46. The minimum Gasteiger partial charge on any atom is -0.366 e. The number of hydrogen-bond donors (Lipinski definition) is 0. The summed E-state index contributed by atoms with van der Waals surface area (Å²) >= 11 is 0. The second kappa shape index (κ2) is 2.39. The van der Waals surface area contributed by atoms with E-state index in [1.807, 2.05) is 0 Å². The minimum absolute atomic E-state index is 0.277. The normalized spacial score (nSPS) is 66.2. The van der Waals surface area contributed by atoms with Gasteiger partial charge in [-0.1, -0.05) is 20.8 Å². The molecule has 0 unspecified atom stereocenters. The van der Waals surface area contributed by atoms with Crippen LogP contribution in [-0.2, 0) is 4.74 Å². The van der Waals surface area contributed by atoms with Gasteiger partial charge in [0.25, 0.3) is 0 Å². The van der Waals surface area contributed by atoms with Gasteiger partial charge in [0.05, 0.1) is 11.7 Å². The first-order chi connectivity index (χ1) is 7.43. The summed E-state index contributed by atoms with van der Waals surface area (Å²) in [6, 6.07) is 0. The van der Waals surface area contributed by atoms with Gasteiger partial charge in [-0.3, -0.25) is 0 Å². The van der Waals surface area contributed by atoms with E-state index in [0.717, 1.165) is 17.8 Å². The van der Waals surface area contributed by atoms with Crippen LogP contribution in [0.2, 0.25) is 0 Å². The van der Waals surface area contributed by atoms with E-state index in [0.29, 0.717) is 16.9 Å². The Kier molecular flexibility index (Phi) is 1.48. The zero-order valence-corrected chi connectivity index (χ0v) is 11.0. The Balaban J connectivity index is 1.87. The molecule has 0 amide bonds. The van der Waals surface area contributed by atoms with Crippen LogP contribution >= 0.6 is 0 Å². The van der Waals surface area contributed by atoms with E-state index in [-0.39, 0.29) is 5.60 Å². The molecule has 6 atom stereocenters. The predicted molar refractivity (Wildman–Crippen MR) is 64.1 cm³/mol. The molecule has 4 aliphatic rings. The van der Waals surface area contributed by atoms with Crippen LogP contribution in [0.15, 0.2) is 0 Å². The molecule has 0 spiro atoms. The van der Waals surface area contributed by atoms with Crippen molar-refractivity contribution in [2.75, 3.05) is 0 Å². The maximum atomic E-state index is 6.07. The van der Waals surface area contributed by atoms with Crippen molar-refractivity contribution < 1.29 is 4.74 Å². The standard InChI is InChI=1S/C15H24O/c1-9(2)15-6-5-13(3)8-11(15)14(4)12(16-14)7-10(13)15/h9-12H,5-8H2,1-4H3/t10-,11-,12+,13+,14+,15+/m0/s1. The van der Waals surface area contributed by atoms with E-state index in [1.165, 1.54) is 25.7 Å². The highest BCUT2D eigenvalue weighted by Gasteiger charge is 2.78. The van der Waals surface area contributed by atoms with Crippen LogP contribution in [0.4, 0.5) is 0 Å². The Hall–Kier alpha value is -0.0400. The predicted octanol–water partition coefficient (Wildman–Crippen LogP) is 3.63. The van der Waals surface area contributed by atoms with Crippen LogP contribution in [0.1, 0.15) is 53.4 Å². The highest BCUT2D eigenvalue weighted by molar-refractivity contribution is 5.26. The molecule has 90 valence electrons. The van der Waals surface area contributed by atoms with Gasteiger partial charge in [-0.15, -0.1) is 0 Å². The van der Waals surface area contributed by atoms with E-state index in [4.69, 9.17) is 4.74 Å². The molecular weight excluding hydrogens is 196 g/mol. The van der Waals surface area contributed by atoms with Crippen molar-refractivity contribution in [3.8, 4) is 0 Å². The van der Waals surface area contributed by atoms with Gasteiger partial charge in [-0.25, -0.2) is 0 Å². The fourth-order valence-corrected chi connectivity index (χ4v) is 6.23. The van der Waals surface area contributed by atoms with Crippen molar-refractivity contribution in [3.05, 3.63) is 0 Å². The third kappa shape index (κ3) is 0.776. The van der Waals surface area contributed by atoms with Crippen LogP contribution in [0.3, 0.4) is 0 Å². The second-order valence-electron chi connectivity index (χ2n) is 7.76. The molecule has 1 nitrogen and oxygen atoms in total. The first kappa shape index (κ1) is 9.94. The lowest BCUT2D eigenvalue weighted by atomic mass is 9.56. The van der Waals surface area contributed by atoms with Gasteiger partial charge in [-0.05, 0) is 61.2 Å². The first-order valence-corrected chi connectivity index (χ1v) is 7.11. The minimum atomic E-state index is 0.277. The molecule has 0 aromatic carbocycles. The van der Waals surface area contributed by atoms with Gasteiger partial charge in [0.2, 0.25) is 0 Å². The molecule has 0 aromatic heterocycles. The van der Waals surface area contributed by atoms with Gasteiger partial charge in [0.15, 0.2) is 0 Å². The van der Waals surface area contributed by atoms with Crippen LogP contribution in [0.25, 0.3) is 0 Å². The molecule has 3 aliphatic carbocycles. The molecule has 1 heterocycles. The van der Waals surface area contributed by atoms with E-state index < -0.39 is 0 Å². The molecule has 3 saturated carbocycles. The number of rotatable bonds is 1. The van der Waals surface area contributed by atoms with Crippen molar-refractivity contribution in [3.63, 3.8) is 0 Å². The Morgan fingerprint density at radius 1 is 1.12 bits per heavy atom. The van der Waals surface area contributed by atoms with Gasteiger partial charge < -0.3 is 4.74 Å². The Labute approximate surface area is 98.9 Å². The maximum Gasteiger partial charge on any atom is 0.0954 e. The summed E-state index contributed by atoms with van der Waals surface area (Å²) in [6.45, 7) is 9.88. The lowest BCUT2D eigenvalue weighted by molar-refractivity contribution is 0.0177. The summed E-state index contributed by atoms with van der Waals surface area (Å²) in [4.78, 5) is 0. The van der Waals surface area contributed by atoms with Crippen LogP contribution < -0.4 is 0 Å². The van der Waals surface area contributed by atoms with E-state index in [9.17, 15) is 0 Å². The SMILES string of the molecule is CC(C)[C@@]12CC[C@]3(C)C[C@H]1[C@@]1(C)O[C@@H]1C[C@@H]32. The van der Waals surface area contributed by atoms with E-state index in [1.54, 1.807) is 0 Å². The molecular formula is C15H24O. The average Bonchev–Trinajstić information content (AvgIpc) is 2.73. The fraction of sp³-hybridized carbons (Fsp3) is 1.00. The largest absolute Gasteiger partial charge is 0.366 e. The molecule has 16 heavy (non-hydrogen) atoms. The highest BCUT2D eigenvalue weighted by atomic mass is 16.6. The van der Waals surface area contributed by atoms with Crippen molar-refractivity contribution >= 4 is 0 Å². The number of ether oxygens (including phenoxy) is 1. The highest BCUT2D eigenvalue weighted by Crippen LogP contribution is 2.79. The van der Waals surface area contributed by atoms with E-state index in [2.05, 4.69) is 27.7 Å². The number of fused-ring (bicyclic) bond motifs is 2. The molecule has 4 fully saturated rings. The molecule has 4 rings (SSSR count). The van der Waals surface area contributed by atoms with E-state index >= 15 is 0 Å². The summed E-state index contributed by atoms with van der Waals surface area (Å²) in [7, 11) is 0. The maximum absolute atomic E-state index is 6.07. The molecule has 1 heteroatoms. The third-order valence-corrected chi connectivity index (χ3v) is 7.13. The van der Waals surface area contributed by atoms with Gasteiger partial charge in [-0.2, -0.15) is 0 Å². The summed E-state index contributed by atoms with van der Waals surface area (Å²) < 4.78 is 6.07. The zero-order chi connectivity index (χ0) is 11.3. The lowest BCUT2D eigenvalue weighted by Crippen LogP contribution is -2.46. The monoisotopic (exact) mass is 220 g/mol. The van der Waals surface area contributed by atoms with Crippen molar-refractivity contribution in [2.45, 2.75) is 65.1 Å². The number of epoxide rings is 1. The first-order valence-electron chi connectivity index (χ1n) is 7.11. The van der Waals surface area contributed by atoms with Crippen LogP contribution in [0, 0.1) is 28.6 Å². The van der Waals surface area contributed by atoms with Crippen molar-refractivity contribution in [1.29, 1.82) is 0 Å². The summed E-state index contributed by atoms with van der Waals surface area (Å²) in [5.74, 6) is 2.67. The summed E-state index contributed by atoms with van der Waals surface area (Å²) in [5, 5.41) is 0. The van der Waals surface area contributed by atoms with Crippen molar-refractivity contribution in [2.24, 2.45) is 28.6 Å². The van der Waals surface area contributed by atoms with Gasteiger partial charge in [0.1, 0.15) is 0 Å². The quantitative estimate of drug-likeness (QED) is 0.615.